The molecule has 4 saturated carbocycles. The molecule has 5 fully saturated rings. The smallest absolute Gasteiger partial charge is 0.243 e. The zero-order valence-corrected chi connectivity index (χ0v) is 16.5. The molecule has 5 nitrogen and oxygen atoms in total. The molecular weight excluding hydrogens is 360 g/mol. The maximum Gasteiger partial charge on any atom is 0.243 e. The van der Waals surface area contributed by atoms with E-state index in [2.05, 4.69) is 5.32 Å². The number of hydrogen-bond acceptors (Lipinski definition) is 3. The largest absolute Gasteiger partial charge is 0.326 e. The highest BCUT2D eigenvalue weighted by Crippen LogP contribution is 2.60. The van der Waals surface area contributed by atoms with Gasteiger partial charge in [0.1, 0.15) is 0 Å². The summed E-state index contributed by atoms with van der Waals surface area (Å²) in [6.45, 7) is 1.21. The molecule has 4 bridgehead atoms. The Balaban J connectivity index is 1.31. The highest BCUT2D eigenvalue weighted by atomic mass is 32.2. The lowest BCUT2D eigenvalue weighted by Gasteiger charge is -2.55. The molecule has 0 spiro atoms. The van der Waals surface area contributed by atoms with Crippen LogP contribution in [0.25, 0.3) is 0 Å². The third-order valence-electron chi connectivity index (χ3n) is 7.33. The van der Waals surface area contributed by atoms with Gasteiger partial charge in [-0.15, -0.1) is 0 Å². The summed E-state index contributed by atoms with van der Waals surface area (Å²) >= 11 is 0. The number of hydrogen-bond donors (Lipinski definition) is 1. The summed E-state index contributed by atoms with van der Waals surface area (Å²) in [4.78, 5) is 13.4. The molecule has 6 heteroatoms. The monoisotopic (exact) mass is 388 g/mol. The van der Waals surface area contributed by atoms with Gasteiger partial charge in [0.15, 0.2) is 0 Å². The Kier molecular flexibility index (Phi) is 4.13. The molecule has 0 radical (unpaired) electrons. The van der Waals surface area contributed by atoms with Crippen LogP contribution in [0.3, 0.4) is 0 Å². The molecule has 27 heavy (non-hydrogen) atoms. The van der Waals surface area contributed by atoms with E-state index in [1.165, 1.54) is 19.3 Å². The number of anilines is 1. The highest BCUT2D eigenvalue weighted by molar-refractivity contribution is 7.89. The van der Waals surface area contributed by atoms with Crippen LogP contribution >= 0.6 is 0 Å². The molecule has 6 rings (SSSR count). The van der Waals surface area contributed by atoms with E-state index in [-0.39, 0.29) is 11.3 Å². The first-order chi connectivity index (χ1) is 12.9. The lowest BCUT2D eigenvalue weighted by atomic mass is 9.49. The number of sulfonamides is 1. The number of amides is 1. The Morgan fingerprint density at radius 2 is 1.44 bits per heavy atom. The topological polar surface area (TPSA) is 66.5 Å². The molecule has 4 aliphatic carbocycles. The Morgan fingerprint density at radius 1 is 0.926 bits per heavy atom. The van der Waals surface area contributed by atoms with Crippen molar-refractivity contribution in [1.82, 2.24) is 4.31 Å². The van der Waals surface area contributed by atoms with Crippen molar-refractivity contribution in [2.75, 3.05) is 18.4 Å². The van der Waals surface area contributed by atoms with Crippen LogP contribution in [0.4, 0.5) is 5.69 Å². The van der Waals surface area contributed by atoms with Crippen molar-refractivity contribution in [2.24, 2.45) is 23.2 Å². The van der Waals surface area contributed by atoms with Gasteiger partial charge >= 0.3 is 0 Å². The maximum atomic E-state index is 13.1. The zero-order valence-electron chi connectivity index (χ0n) is 15.7. The fourth-order valence-corrected chi connectivity index (χ4v) is 7.96. The SMILES string of the molecule is O=C(Nc1ccc(S(=O)(=O)N2CCCC2)cc1)C12CC3CC(CC(C3)C1)C2. The van der Waals surface area contributed by atoms with Gasteiger partial charge in [0.25, 0.3) is 0 Å². The van der Waals surface area contributed by atoms with Crippen molar-refractivity contribution in [2.45, 2.75) is 56.3 Å². The minimum atomic E-state index is -3.40. The van der Waals surface area contributed by atoms with Crippen molar-refractivity contribution >= 4 is 21.6 Å². The van der Waals surface area contributed by atoms with Crippen LogP contribution < -0.4 is 5.32 Å². The standard InChI is InChI=1S/C21H28N2O3S/c24-20(21-12-15-9-16(13-21)11-17(10-15)14-21)22-18-3-5-19(6-4-18)27(25,26)23-7-1-2-8-23/h3-6,15-17H,1-2,7-14H2,(H,22,24). The Morgan fingerprint density at radius 3 is 1.96 bits per heavy atom. The number of benzene rings is 1. The minimum Gasteiger partial charge on any atom is -0.326 e. The molecule has 5 aliphatic rings. The lowest BCUT2D eigenvalue weighted by Crippen LogP contribution is -2.51. The van der Waals surface area contributed by atoms with E-state index in [0.717, 1.165) is 49.9 Å². The molecule has 0 unspecified atom stereocenters. The highest BCUT2D eigenvalue weighted by Gasteiger charge is 2.54. The van der Waals surface area contributed by atoms with E-state index < -0.39 is 10.0 Å². The van der Waals surface area contributed by atoms with Crippen molar-refractivity contribution in [3.8, 4) is 0 Å². The first kappa shape index (κ1) is 17.7. The summed E-state index contributed by atoms with van der Waals surface area (Å²) in [6.07, 6.45) is 8.91. The van der Waals surface area contributed by atoms with Crippen LogP contribution in [-0.2, 0) is 14.8 Å². The number of nitrogens with one attached hydrogen (secondary N) is 1. The first-order valence-corrected chi connectivity index (χ1v) is 11.8. The molecule has 0 aromatic heterocycles. The third-order valence-corrected chi connectivity index (χ3v) is 9.25. The van der Waals surface area contributed by atoms with Gasteiger partial charge in [0, 0.05) is 18.8 Å². The number of rotatable bonds is 4. The second kappa shape index (κ2) is 6.31. The van der Waals surface area contributed by atoms with E-state index in [0.29, 0.717) is 23.7 Å². The number of carbonyl (C=O) groups is 1. The van der Waals surface area contributed by atoms with Gasteiger partial charge in [-0.2, -0.15) is 4.31 Å². The molecule has 1 saturated heterocycles. The summed E-state index contributed by atoms with van der Waals surface area (Å²) in [7, 11) is -3.40. The molecule has 0 atom stereocenters. The summed E-state index contributed by atoms with van der Waals surface area (Å²) in [5.74, 6) is 2.34. The average Bonchev–Trinajstić information content (AvgIpc) is 3.16. The lowest BCUT2D eigenvalue weighted by molar-refractivity contribution is -0.140. The van der Waals surface area contributed by atoms with Crippen molar-refractivity contribution < 1.29 is 13.2 Å². The summed E-state index contributed by atoms with van der Waals surface area (Å²) in [5, 5.41) is 3.10. The average molecular weight is 389 g/mol. The Bertz CT molecular complexity index is 805. The van der Waals surface area contributed by atoms with Crippen molar-refractivity contribution in [3.05, 3.63) is 24.3 Å². The molecule has 1 aliphatic heterocycles. The van der Waals surface area contributed by atoms with Gasteiger partial charge in [-0.3, -0.25) is 4.79 Å². The summed E-state index contributed by atoms with van der Waals surface area (Å²) in [5.41, 5.74) is 0.519. The van der Waals surface area contributed by atoms with Crippen molar-refractivity contribution in [3.63, 3.8) is 0 Å². The molecule has 1 aromatic rings. The van der Waals surface area contributed by atoms with E-state index in [1.54, 1.807) is 28.6 Å². The summed E-state index contributed by atoms with van der Waals surface area (Å²) < 4.78 is 26.8. The maximum absolute atomic E-state index is 13.1. The molecule has 1 aromatic carbocycles. The van der Waals surface area contributed by atoms with Gasteiger partial charge in [-0.25, -0.2) is 8.42 Å². The van der Waals surface area contributed by atoms with E-state index in [4.69, 9.17) is 0 Å². The van der Waals surface area contributed by atoms with Gasteiger partial charge in [-0.05, 0) is 93.4 Å². The number of carbonyl (C=O) groups excluding carboxylic acids is 1. The normalized spacial score (nSPS) is 35.5. The fourth-order valence-electron chi connectivity index (χ4n) is 6.44. The molecule has 146 valence electrons. The second-order valence-corrected chi connectivity index (χ2v) is 11.2. The Hall–Kier alpha value is -1.40. The van der Waals surface area contributed by atoms with E-state index in [9.17, 15) is 13.2 Å². The van der Waals surface area contributed by atoms with Gasteiger partial charge in [0.2, 0.25) is 15.9 Å². The van der Waals surface area contributed by atoms with E-state index >= 15 is 0 Å². The zero-order chi connectivity index (χ0) is 18.6. The predicted molar refractivity (Wildman–Crippen MR) is 104 cm³/mol. The summed E-state index contributed by atoms with van der Waals surface area (Å²) in [6, 6.07) is 6.73. The Labute approximate surface area is 161 Å². The third kappa shape index (κ3) is 3.01. The van der Waals surface area contributed by atoms with Crippen LogP contribution in [0.2, 0.25) is 0 Å². The van der Waals surface area contributed by atoms with Gasteiger partial charge in [-0.1, -0.05) is 0 Å². The quantitative estimate of drug-likeness (QED) is 0.857. The first-order valence-electron chi connectivity index (χ1n) is 10.4. The van der Waals surface area contributed by atoms with Gasteiger partial charge in [0.05, 0.1) is 10.3 Å². The van der Waals surface area contributed by atoms with Crippen LogP contribution in [0, 0.1) is 23.2 Å². The minimum absolute atomic E-state index is 0.150. The van der Waals surface area contributed by atoms with Gasteiger partial charge < -0.3 is 5.32 Å². The molecule has 1 N–H and O–H groups in total. The second-order valence-electron chi connectivity index (χ2n) is 9.29. The molecular formula is C21H28N2O3S. The van der Waals surface area contributed by atoms with Crippen LogP contribution in [0.15, 0.2) is 29.2 Å². The van der Waals surface area contributed by atoms with Crippen LogP contribution in [0.1, 0.15) is 51.4 Å². The van der Waals surface area contributed by atoms with Crippen LogP contribution in [0.5, 0.6) is 0 Å². The molecule has 1 heterocycles. The number of nitrogens with zero attached hydrogens (tertiary/aromatic N) is 1. The van der Waals surface area contributed by atoms with Crippen molar-refractivity contribution in [1.29, 1.82) is 0 Å². The van der Waals surface area contributed by atoms with E-state index in [1.807, 2.05) is 0 Å². The molecule has 1 amide bonds. The van der Waals surface area contributed by atoms with Crippen LogP contribution in [-0.4, -0.2) is 31.7 Å². The fraction of sp³-hybridized carbons (Fsp3) is 0.667. The predicted octanol–water partition coefficient (Wildman–Crippen LogP) is 3.63.